The zero-order chi connectivity index (χ0) is 17.3. The Kier molecular flexibility index (Phi) is 4.96. The summed E-state index contributed by atoms with van der Waals surface area (Å²) in [4.78, 5) is 17.0. The minimum atomic E-state index is -0.370. The molecule has 0 spiro atoms. The predicted octanol–water partition coefficient (Wildman–Crippen LogP) is 3.61. The number of carbonyl (C=O) groups is 1. The van der Waals surface area contributed by atoms with E-state index in [2.05, 4.69) is 31.3 Å². The van der Waals surface area contributed by atoms with Crippen LogP contribution in [0.15, 0.2) is 45.2 Å². The Balaban J connectivity index is 2.21. The van der Waals surface area contributed by atoms with Gasteiger partial charge in [-0.1, -0.05) is 46.7 Å². The van der Waals surface area contributed by atoms with Crippen LogP contribution in [0.1, 0.15) is 24.9 Å². The van der Waals surface area contributed by atoms with Gasteiger partial charge in [-0.05, 0) is 30.4 Å². The van der Waals surface area contributed by atoms with E-state index in [1.165, 1.54) is 18.9 Å². The largest absolute Gasteiger partial charge is 0.466 e. The molecule has 126 valence electrons. The SMILES string of the molecule is CCC1=C(C(=O)OC)C(c2ccc(Br)cc2)n2nc(SC)nc2N1. The number of benzene rings is 1. The Hall–Kier alpha value is -1.80. The molecule has 0 radical (unpaired) electrons. The van der Waals surface area contributed by atoms with Gasteiger partial charge in [0.1, 0.15) is 6.04 Å². The fraction of sp³-hybridized carbons (Fsp3) is 0.312. The number of aromatic nitrogens is 3. The molecule has 1 aromatic carbocycles. The van der Waals surface area contributed by atoms with Crippen molar-refractivity contribution in [1.29, 1.82) is 0 Å². The maximum absolute atomic E-state index is 12.5. The lowest BCUT2D eigenvalue weighted by atomic mass is 9.95. The summed E-state index contributed by atoms with van der Waals surface area (Å²) in [5.41, 5.74) is 2.32. The van der Waals surface area contributed by atoms with Gasteiger partial charge in [0.25, 0.3) is 0 Å². The lowest BCUT2D eigenvalue weighted by Crippen LogP contribution is -2.30. The van der Waals surface area contributed by atoms with Crippen molar-refractivity contribution < 1.29 is 9.53 Å². The van der Waals surface area contributed by atoms with Crippen LogP contribution in [0.3, 0.4) is 0 Å². The van der Waals surface area contributed by atoms with Crippen molar-refractivity contribution in [2.45, 2.75) is 24.5 Å². The van der Waals surface area contributed by atoms with E-state index in [4.69, 9.17) is 4.74 Å². The lowest BCUT2D eigenvalue weighted by Gasteiger charge is -2.28. The number of ether oxygens (including phenoxy) is 1. The molecule has 1 aromatic heterocycles. The van der Waals surface area contributed by atoms with Crippen LogP contribution in [-0.2, 0) is 9.53 Å². The third-order valence-corrected chi connectivity index (χ3v) is 4.91. The van der Waals surface area contributed by atoms with Crippen LogP contribution < -0.4 is 5.32 Å². The highest BCUT2D eigenvalue weighted by molar-refractivity contribution is 9.10. The highest BCUT2D eigenvalue weighted by atomic mass is 79.9. The van der Waals surface area contributed by atoms with E-state index in [9.17, 15) is 4.79 Å². The van der Waals surface area contributed by atoms with Gasteiger partial charge in [-0.25, -0.2) is 9.48 Å². The molecular formula is C16H17BrN4O2S. The van der Waals surface area contributed by atoms with E-state index in [1.54, 1.807) is 4.68 Å². The molecule has 1 N–H and O–H groups in total. The standard InChI is InChI=1S/C16H17BrN4O2S/c1-4-11-12(14(22)23-2)13(9-5-7-10(17)8-6-9)21-15(18-11)19-16(20-21)24-3/h5-8,13H,4H2,1-3H3,(H,18,19,20). The van der Waals surface area contributed by atoms with Crippen molar-refractivity contribution in [2.75, 3.05) is 18.7 Å². The molecular weight excluding hydrogens is 392 g/mol. The summed E-state index contributed by atoms with van der Waals surface area (Å²) in [5, 5.41) is 8.41. The molecule has 6 nitrogen and oxygen atoms in total. The number of carbonyl (C=O) groups excluding carboxylic acids is 1. The Morgan fingerprint density at radius 2 is 2.12 bits per heavy atom. The molecule has 1 aliphatic rings. The number of thioether (sulfide) groups is 1. The summed E-state index contributed by atoms with van der Waals surface area (Å²) < 4.78 is 7.76. The first kappa shape index (κ1) is 17.0. The Bertz CT molecular complexity index is 801. The third kappa shape index (κ3) is 2.95. The quantitative estimate of drug-likeness (QED) is 0.615. The van der Waals surface area contributed by atoms with Crippen LogP contribution in [0, 0.1) is 0 Å². The molecule has 24 heavy (non-hydrogen) atoms. The van der Waals surface area contributed by atoms with Gasteiger partial charge >= 0.3 is 5.97 Å². The third-order valence-electron chi connectivity index (χ3n) is 3.84. The van der Waals surface area contributed by atoms with Gasteiger partial charge in [0, 0.05) is 10.2 Å². The number of hydrogen-bond donors (Lipinski definition) is 1. The van der Waals surface area contributed by atoms with Crippen molar-refractivity contribution in [3.63, 3.8) is 0 Å². The molecule has 3 rings (SSSR count). The fourth-order valence-corrected chi connectivity index (χ4v) is 3.33. The number of hydrogen-bond acceptors (Lipinski definition) is 6. The van der Waals surface area contributed by atoms with Gasteiger partial charge in [0.05, 0.1) is 12.7 Å². The molecule has 0 saturated heterocycles. The average Bonchev–Trinajstić information content (AvgIpc) is 3.03. The molecule has 2 heterocycles. The Morgan fingerprint density at radius 3 is 2.71 bits per heavy atom. The molecule has 1 aliphatic heterocycles. The summed E-state index contributed by atoms with van der Waals surface area (Å²) in [7, 11) is 1.39. The summed E-state index contributed by atoms with van der Waals surface area (Å²) >= 11 is 4.91. The van der Waals surface area contributed by atoms with E-state index in [-0.39, 0.29) is 12.0 Å². The molecule has 0 aliphatic carbocycles. The molecule has 0 amide bonds. The molecule has 2 aromatic rings. The Labute approximate surface area is 152 Å². The number of halogens is 1. The summed E-state index contributed by atoms with van der Waals surface area (Å²) in [6.45, 7) is 1.99. The van der Waals surface area contributed by atoms with Crippen LogP contribution >= 0.6 is 27.7 Å². The topological polar surface area (TPSA) is 69.0 Å². The second-order valence-corrected chi connectivity index (χ2v) is 6.87. The van der Waals surface area contributed by atoms with Gasteiger partial charge < -0.3 is 10.1 Å². The van der Waals surface area contributed by atoms with Crippen molar-refractivity contribution in [2.24, 2.45) is 0 Å². The van der Waals surface area contributed by atoms with Crippen molar-refractivity contribution in [1.82, 2.24) is 14.8 Å². The molecule has 8 heteroatoms. The molecule has 0 fully saturated rings. The molecule has 1 unspecified atom stereocenters. The normalized spacial score (nSPS) is 16.6. The van der Waals surface area contributed by atoms with Gasteiger partial charge in [-0.15, -0.1) is 5.10 Å². The smallest absolute Gasteiger partial charge is 0.338 e. The molecule has 0 saturated carbocycles. The number of methoxy groups -OCH3 is 1. The van der Waals surface area contributed by atoms with Gasteiger partial charge in [-0.2, -0.15) is 4.98 Å². The molecule has 0 bridgehead atoms. The maximum atomic E-state index is 12.5. The number of nitrogens with one attached hydrogen (secondary N) is 1. The van der Waals surface area contributed by atoms with Crippen LogP contribution in [0.25, 0.3) is 0 Å². The van der Waals surface area contributed by atoms with Crippen LogP contribution in [0.5, 0.6) is 0 Å². The predicted molar refractivity (Wildman–Crippen MR) is 97.0 cm³/mol. The molecule has 1 atom stereocenters. The van der Waals surface area contributed by atoms with Gasteiger partial charge in [0.15, 0.2) is 0 Å². The van der Waals surface area contributed by atoms with E-state index in [0.717, 1.165) is 15.7 Å². The number of nitrogens with zero attached hydrogens (tertiary/aromatic N) is 3. The second kappa shape index (κ2) is 6.98. The maximum Gasteiger partial charge on any atom is 0.338 e. The van der Waals surface area contributed by atoms with Gasteiger partial charge in [0.2, 0.25) is 11.1 Å². The first-order valence-corrected chi connectivity index (χ1v) is 9.45. The Morgan fingerprint density at radius 1 is 1.42 bits per heavy atom. The number of esters is 1. The van der Waals surface area contributed by atoms with E-state index in [1.807, 2.05) is 37.4 Å². The van der Waals surface area contributed by atoms with Crippen LogP contribution in [0.2, 0.25) is 0 Å². The second-order valence-electron chi connectivity index (χ2n) is 5.18. The van der Waals surface area contributed by atoms with Crippen molar-refractivity contribution in [3.05, 3.63) is 45.6 Å². The zero-order valence-electron chi connectivity index (χ0n) is 13.5. The van der Waals surface area contributed by atoms with E-state index in [0.29, 0.717) is 23.1 Å². The van der Waals surface area contributed by atoms with Crippen LogP contribution in [0.4, 0.5) is 5.95 Å². The lowest BCUT2D eigenvalue weighted by molar-refractivity contribution is -0.136. The van der Waals surface area contributed by atoms with Crippen molar-refractivity contribution >= 4 is 39.6 Å². The van der Waals surface area contributed by atoms with Crippen LogP contribution in [-0.4, -0.2) is 34.1 Å². The first-order valence-electron chi connectivity index (χ1n) is 7.43. The van der Waals surface area contributed by atoms with Gasteiger partial charge in [-0.3, -0.25) is 0 Å². The summed E-state index contributed by atoms with van der Waals surface area (Å²) in [6, 6.07) is 7.47. The monoisotopic (exact) mass is 408 g/mol. The number of rotatable bonds is 4. The van der Waals surface area contributed by atoms with Crippen molar-refractivity contribution in [3.8, 4) is 0 Å². The summed E-state index contributed by atoms with van der Waals surface area (Å²) in [6.07, 6.45) is 2.59. The number of anilines is 1. The first-order chi connectivity index (χ1) is 11.6. The fourth-order valence-electron chi connectivity index (χ4n) is 2.72. The zero-order valence-corrected chi connectivity index (χ0v) is 15.9. The van der Waals surface area contributed by atoms with E-state index < -0.39 is 0 Å². The minimum absolute atomic E-state index is 0.362. The average molecular weight is 409 g/mol. The summed E-state index contributed by atoms with van der Waals surface area (Å²) in [5.74, 6) is 0.274. The highest BCUT2D eigenvalue weighted by Gasteiger charge is 2.35. The minimum Gasteiger partial charge on any atom is -0.466 e. The highest BCUT2D eigenvalue weighted by Crippen LogP contribution is 2.37. The number of allylic oxidation sites excluding steroid dienone is 1. The number of fused-ring (bicyclic) bond motifs is 1. The van der Waals surface area contributed by atoms with E-state index >= 15 is 0 Å².